The van der Waals surface area contributed by atoms with E-state index in [-0.39, 0.29) is 4.75 Å². The summed E-state index contributed by atoms with van der Waals surface area (Å²) in [5.74, 6) is 0.135. The average Bonchev–Trinajstić information content (AvgIpc) is 2.70. The van der Waals surface area contributed by atoms with E-state index in [9.17, 15) is 9.59 Å². The van der Waals surface area contributed by atoms with Crippen molar-refractivity contribution >= 4 is 23.8 Å². The van der Waals surface area contributed by atoms with E-state index in [2.05, 4.69) is 17.6 Å². The van der Waals surface area contributed by atoms with Gasteiger partial charge in [0, 0.05) is 11.3 Å². The second kappa shape index (κ2) is 6.14. The van der Waals surface area contributed by atoms with Crippen molar-refractivity contribution in [2.24, 2.45) is 0 Å². The Bertz CT molecular complexity index is 290. The second-order valence-corrected chi connectivity index (χ2v) is 6.21. The molecule has 1 fully saturated rings. The van der Waals surface area contributed by atoms with E-state index < -0.39 is 18.0 Å². The summed E-state index contributed by atoms with van der Waals surface area (Å²) in [5.41, 5.74) is 0. The number of carbonyl (C=O) groups excluding carboxylic acids is 1. The molecule has 1 aliphatic heterocycles. The molecule has 0 aromatic heterocycles. The van der Waals surface area contributed by atoms with Crippen molar-refractivity contribution in [2.75, 3.05) is 12.3 Å². The number of aliphatic carboxylic acids is 1. The topological polar surface area (TPSA) is 78.4 Å². The van der Waals surface area contributed by atoms with Gasteiger partial charge in [-0.1, -0.05) is 6.92 Å². The number of carboxylic acids is 1. The minimum Gasteiger partial charge on any atom is -0.480 e. The van der Waals surface area contributed by atoms with Gasteiger partial charge in [-0.05, 0) is 31.9 Å². The van der Waals surface area contributed by atoms with Gasteiger partial charge in [0.25, 0.3) is 0 Å². The van der Waals surface area contributed by atoms with Crippen LogP contribution in [0.1, 0.15) is 33.1 Å². The summed E-state index contributed by atoms with van der Waals surface area (Å²) < 4.78 is 0.0995. The summed E-state index contributed by atoms with van der Waals surface area (Å²) in [4.78, 5) is 22.3. The lowest BCUT2D eigenvalue weighted by Gasteiger charge is -2.23. The van der Waals surface area contributed by atoms with Gasteiger partial charge in [0.05, 0.1) is 0 Å². The molecule has 5 nitrogen and oxygen atoms in total. The quantitative estimate of drug-likeness (QED) is 0.699. The summed E-state index contributed by atoms with van der Waals surface area (Å²) in [7, 11) is 0. The Kier molecular flexibility index (Phi) is 5.11. The maximum absolute atomic E-state index is 11.5. The molecule has 3 N–H and O–H groups in total. The van der Waals surface area contributed by atoms with Gasteiger partial charge in [-0.3, -0.25) is 0 Å². The van der Waals surface area contributed by atoms with Crippen molar-refractivity contribution in [3.05, 3.63) is 0 Å². The minimum absolute atomic E-state index is 0.0995. The van der Waals surface area contributed by atoms with E-state index in [0.29, 0.717) is 13.0 Å². The molecule has 1 saturated heterocycles. The second-order valence-electron chi connectivity index (χ2n) is 4.53. The van der Waals surface area contributed by atoms with E-state index in [4.69, 9.17) is 5.11 Å². The van der Waals surface area contributed by atoms with Crippen LogP contribution in [-0.2, 0) is 4.79 Å². The normalized spacial score (nSPS) is 25.3. The van der Waals surface area contributed by atoms with Crippen molar-refractivity contribution in [2.45, 2.75) is 43.9 Å². The number of thioether (sulfide) groups is 1. The highest BCUT2D eigenvalue weighted by Crippen LogP contribution is 2.36. The van der Waals surface area contributed by atoms with E-state index in [1.165, 1.54) is 6.42 Å². The van der Waals surface area contributed by atoms with Crippen molar-refractivity contribution in [3.63, 3.8) is 0 Å². The largest absolute Gasteiger partial charge is 0.480 e. The molecule has 2 atom stereocenters. The van der Waals surface area contributed by atoms with Crippen LogP contribution in [0.4, 0.5) is 4.79 Å². The third kappa shape index (κ3) is 4.46. The van der Waals surface area contributed by atoms with Crippen LogP contribution in [0.3, 0.4) is 0 Å². The number of amides is 2. The van der Waals surface area contributed by atoms with Crippen LogP contribution < -0.4 is 10.6 Å². The molecule has 1 unspecified atom stereocenters. The number of hydrogen-bond donors (Lipinski definition) is 3. The summed E-state index contributed by atoms with van der Waals surface area (Å²) >= 11 is 1.86. The van der Waals surface area contributed by atoms with Crippen molar-refractivity contribution in [1.82, 2.24) is 10.6 Å². The lowest BCUT2D eigenvalue weighted by atomic mass is 10.1. The predicted octanol–water partition coefficient (Wildman–Crippen LogP) is 1.43. The first-order valence-electron chi connectivity index (χ1n) is 5.88. The molecule has 0 radical (unpaired) electrons. The summed E-state index contributed by atoms with van der Waals surface area (Å²) in [6, 6.07) is -1.20. The molecule has 0 bridgehead atoms. The molecule has 2 amide bonds. The fourth-order valence-corrected chi connectivity index (χ4v) is 3.04. The molecule has 0 aromatic rings. The van der Waals surface area contributed by atoms with Gasteiger partial charge in [0.15, 0.2) is 0 Å². The summed E-state index contributed by atoms with van der Waals surface area (Å²) in [6.45, 7) is 4.44. The first kappa shape index (κ1) is 14.2. The molecule has 0 saturated carbocycles. The standard InChI is InChI=1S/C11H20N2O3S/c1-3-8(9(14)15)13-10(16)12-7-11(2)5-4-6-17-11/h8H,3-7H2,1-2H3,(H,14,15)(H2,12,13,16)/t8-,11?/m0/s1. The van der Waals surface area contributed by atoms with Gasteiger partial charge < -0.3 is 15.7 Å². The molecule has 0 aliphatic carbocycles. The lowest BCUT2D eigenvalue weighted by molar-refractivity contribution is -0.139. The van der Waals surface area contributed by atoms with Gasteiger partial charge in [0.1, 0.15) is 6.04 Å². The number of carbonyl (C=O) groups is 2. The number of carboxylic acid groups (broad SMARTS) is 1. The number of urea groups is 1. The third-order valence-corrected chi connectivity index (χ3v) is 4.47. The minimum atomic E-state index is -0.996. The van der Waals surface area contributed by atoms with Crippen LogP contribution in [0.25, 0.3) is 0 Å². The average molecular weight is 260 g/mol. The Morgan fingerprint density at radius 2 is 2.24 bits per heavy atom. The SMILES string of the molecule is CC[C@H](NC(=O)NCC1(C)CCCS1)C(=O)O. The maximum atomic E-state index is 11.5. The molecule has 0 spiro atoms. The van der Waals surface area contributed by atoms with E-state index >= 15 is 0 Å². The fourth-order valence-electron chi connectivity index (χ4n) is 1.79. The third-order valence-electron chi connectivity index (χ3n) is 2.94. The first-order chi connectivity index (χ1) is 7.97. The molecule has 1 rings (SSSR count). The Morgan fingerprint density at radius 3 is 2.71 bits per heavy atom. The molecule has 17 heavy (non-hydrogen) atoms. The zero-order chi connectivity index (χ0) is 12.9. The van der Waals surface area contributed by atoms with Crippen LogP contribution in [0.2, 0.25) is 0 Å². The van der Waals surface area contributed by atoms with Crippen LogP contribution in [0.5, 0.6) is 0 Å². The highest BCUT2D eigenvalue weighted by Gasteiger charge is 2.30. The molecular weight excluding hydrogens is 240 g/mol. The summed E-state index contributed by atoms with van der Waals surface area (Å²) in [5, 5.41) is 14.0. The van der Waals surface area contributed by atoms with Crippen molar-refractivity contribution < 1.29 is 14.7 Å². The Hall–Kier alpha value is -0.910. The molecule has 6 heteroatoms. The Morgan fingerprint density at radius 1 is 1.53 bits per heavy atom. The smallest absolute Gasteiger partial charge is 0.326 e. The van der Waals surface area contributed by atoms with Crippen molar-refractivity contribution in [3.8, 4) is 0 Å². The number of hydrogen-bond acceptors (Lipinski definition) is 3. The van der Waals surface area contributed by atoms with Gasteiger partial charge >= 0.3 is 12.0 Å². The summed E-state index contributed by atoms with van der Waals surface area (Å²) in [6.07, 6.45) is 2.65. The van der Waals surface area contributed by atoms with Crippen LogP contribution in [0.15, 0.2) is 0 Å². The Labute approximate surface area is 106 Å². The van der Waals surface area contributed by atoms with Gasteiger partial charge in [-0.15, -0.1) is 0 Å². The van der Waals surface area contributed by atoms with Crippen LogP contribution >= 0.6 is 11.8 Å². The predicted molar refractivity (Wildman–Crippen MR) is 68.3 cm³/mol. The van der Waals surface area contributed by atoms with Gasteiger partial charge in [0.2, 0.25) is 0 Å². The lowest BCUT2D eigenvalue weighted by Crippen LogP contribution is -2.48. The molecule has 0 aromatic carbocycles. The monoisotopic (exact) mass is 260 g/mol. The number of nitrogens with one attached hydrogen (secondary N) is 2. The van der Waals surface area contributed by atoms with E-state index in [1.54, 1.807) is 6.92 Å². The van der Waals surface area contributed by atoms with Gasteiger partial charge in [-0.2, -0.15) is 11.8 Å². The maximum Gasteiger partial charge on any atom is 0.326 e. The van der Waals surface area contributed by atoms with Gasteiger partial charge in [-0.25, -0.2) is 9.59 Å². The first-order valence-corrected chi connectivity index (χ1v) is 6.86. The fraction of sp³-hybridized carbons (Fsp3) is 0.818. The van der Waals surface area contributed by atoms with Crippen LogP contribution in [0, 0.1) is 0 Å². The zero-order valence-corrected chi connectivity index (χ0v) is 11.1. The molecule has 1 heterocycles. The van der Waals surface area contributed by atoms with E-state index in [0.717, 1.165) is 12.2 Å². The number of rotatable bonds is 5. The highest BCUT2D eigenvalue weighted by atomic mass is 32.2. The molecule has 1 aliphatic rings. The highest BCUT2D eigenvalue weighted by molar-refractivity contribution is 8.00. The Balaban J connectivity index is 2.31. The molecule has 98 valence electrons. The van der Waals surface area contributed by atoms with Crippen molar-refractivity contribution in [1.29, 1.82) is 0 Å². The molecular formula is C11H20N2O3S. The van der Waals surface area contributed by atoms with E-state index in [1.807, 2.05) is 11.8 Å². The van der Waals surface area contributed by atoms with Crippen LogP contribution in [-0.4, -0.2) is 40.2 Å². The zero-order valence-electron chi connectivity index (χ0n) is 10.3.